The van der Waals surface area contributed by atoms with E-state index < -0.39 is 5.82 Å². The summed E-state index contributed by atoms with van der Waals surface area (Å²) in [6.07, 6.45) is 0. The summed E-state index contributed by atoms with van der Waals surface area (Å²) in [5.74, 6) is 0.0841. The van der Waals surface area contributed by atoms with Crippen molar-refractivity contribution in [2.75, 3.05) is 0 Å². The predicted octanol–water partition coefficient (Wildman–Crippen LogP) is 2.77. The highest BCUT2D eigenvalue weighted by atomic mass is 19.1. The zero-order valence-corrected chi connectivity index (χ0v) is 10.1. The van der Waals surface area contributed by atoms with Gasteiger partial charge in [0.25, 0.3) is 0 Å². The summed E-state index contributed by atoms with van der Waals surface area (Å²) in [6, 6.07) is 13.0. The highest BCUT2D eigenvalue weighted by Crippen LogP contribution is 2.19. The molecule has 0 heterocycles. The molecule has 1 N–H and O–H groups in total. The Balaban J connectivity index is 2.15. The van der Waals surface area contributed by atoms with Gasteiger partial charge < -0.3 is 9.84 Å². The minimum Gasteiger partial charge on any atom is -0.489 e. The van der Waals surface area contributed by atoms with Gasteiger partial charge in [0, 0.05) is 5.56 Å². The van der Waals surface area contributed by atoms with Gasteiger partial charge in [-0.25, -0.2) is 4.39 Å². The normalized spacial score (nSPS) is 9.95. The average molecular weight is 257 g/mol. The number of nitriles is 1. The first-order valence-corrected chi connectivity index (χ1v) is 5.74. The van der Waals surface area contributed by atoms with E-state index >= 15 is 0 Å². The van der Waals surface area contributed by atoms with Crippen LogP contribution >= 0.6 is 0 Å². The summed E-state index contributed by atoms with van der Waals surface area (Å²) >= 11 is 0. The van der Waals surface area contributed by atoms with Gasteiger partial charge in [0.2, 0.25) is 0 Å². The molecule has 96 valence electrons. The van der Waals surface area contributed by atoms with Crippen LogP contribution in [0.15, 0.2) is 42.5 Å². The lowest BCUT2D eigenvalue weighted by Gasteiger charge is -2.10. The zero-order valence-electron chi connectivity index (χ0n) is 10.1. The van der Waals surface area contributed by atoms with Gasteiger partial charge in [-0.15, -0.1) is 0 Å². The largest absolute Gasteiger partial charge is 0.489 e. The van der Waals surface area contributed by atoms with Crippen molar-refractivity contribution in [1.82, 2.24) is 0 Å². The van der Waals surface area contributed by atoms with Crippen LogP contribution in [0.1, 0.15) is 16.7 Å². The molecule has 2 aromatic carbocycles. The molecule has 0 aliphatic heterocycles. The number of benzene rings is 2. The topological polar surface area (TPSA) is 53.2 Å². The van der Waals surface area contributed by atoms with Crippen LogP contribution in [-0.2, 0) is 13.2 Å². The molecule has 0 aliphatic carbocycles. The summed E-state index contributed by atoms with van der Waals surface area (Å²) < 4.78 is 18.8. The highest BCUT2D eigenvalue weighted by molar-refractivity contribution is 5.35. The van der Waals surface area contributed by atoms with Crippen molar-refractivity contribution in [2.45, 2.75) is 13.2 Å². The molecule has 2 aromatic rings. The molecule has 0 spiro atoms. The Hall–Kier alpha value is -2.38. The van der Waals surface area contributed by atoms with Gasteiger partial charge in [-0.3, -0.25) is 0 Å². The number of halogens is 1. The van der Waals surface area contributed by atoms with E-state index in [0.29, 0.717) is 16.9 Å². The van der Waals surface area contributed by atoms with E-state index in [-0.39, 0.29) is 18.8 Å². The van der Waals surface area contributed by atoms with Gasteiger partial charge in [-0.05, 0) is 29.8 Å². The Morgan fingerprint density at radius 1 is 1.21 bits per heavy atom. The van der Waals surface area contributed by atoms with Crippen LogP contribution in [0.4, 0.5) is 4.39 Å². The van der Waals surface area contributed by atoms with E-state index in [1.807, 2.05) is 6.07 Å². The molecule has 0 aliphatic rings. The quantitative estimate of drug-likeness (QED) is 0.916. The van der Waals surface area contributed by atoms with Crippen molar-refractivity contribution >= 4 is 0 Å². The Kier molecular flexibility index (Phi) is 4.11. The number of para-hydroxylation sites is 1. The fraction of sp³-hybridized carbons (Fsp3) is 0.133. The minimum absolute atomic E-state index is 0.122. The van der Waals surface area contributed by atoms with Crippen molar-refractivity contribution in [3.8, 4) is 11.8 Å². The van der Waals surface area contributed by atoms with Crippen LogP contribution in [0.5, 0.6) is 5.75 Å². The molecule has 0 fully saturated rings. The number of hydrogen-bond acceptors (Lipinski definition) is 3. The first kappa shape index (κ1) is 13.1. The van der Waals surface area contributed by atoms with Crippen molar-refractivity contribution in [3.05, 3.63) is 65.0 Å². The second kappa shape index (κ2) is 5.98. The van der Waals surface area contributed by atoms with Gasteiger partial charge in [0.1, 0.15) is 18.2 Å². The lowest BCUT2D eigenvalue weighted by Crippen LogP contribution is -1.99. The Labute approximate surface area is 110 Å². The summed E-state index contributed by atoms with van der Waals surface area (Å²) in [5.41, 5.74) is 1.50. The van der Waals surface area contributed by atoms with Crippen LogP contribution in [0.25, 0.3) is 0 Å². The molecule has 0 amide bonds. The zero-order chi connectivity index (χ0) is 13.7. The number of hydrogen-bond donors (Lipinski definition) is 1. The maximum absolute atomic E-state index is 13.2. The van der Waals surface area contributed by atoms with Crippen LogP contribution in [0, 0.1) is 17.1 Å². The highest BCUT2D eigenvalue weighted by Gasteiger charge is 2.04. The second-order valence-electron chi connectivity index (χ2n) is 4.01. The number of aliphatic hydroxyl groups is 1. The molecule has 0 saturated carbocycles. The predicted molar refractivity (Wildman–Crippen MR) is 67.8 cm³/mol. The summed E-state index contributed by atoms with van der Waals surface area (Å²) in [5, 5.41) is 17.9. The fourth-order valence-corrected chi connectivity index (χ4v) is 1.73. The first-order chi connectivity index (χ1) is 9.22. The lowest BCUT2D eigenvalue weighted by molar-refractivity contribution is 0.259. The standard InChI is InChI=1S/C15H12FNO2/c16-14-6-11(8-17)5-12(7-14)10-19-15-4-2-1-3-13(15)9-18/h1-7,18H,9-10H2. The third-order valence-corrected chi connectivity index (χ3v) is 2.62. The molecule has 2 rings (SSSR count). The van der Waals surface area contributed by atoms with E-state index in [9.17, 15) is 4.39 Å². The van der Waals surface area contributed by atoms with E-state index in [2.05, 4.69) is 0 Å². The van der Waals surface area contributed by atoms with E-state index in [0.717, 1.165) is 0 Å². The maximum Gasteiger partial charge on any atom is 0.125 e. The van der Waals surface area contributed by atoms with Gasteiger partial charge in [-0.2, -0.15) is 5.26 Å². The number of rotatable bonds is 4. The molecule has 4 heteroatoms. The van der Waals surface area contributed by atoms with Gasteiger partial charge >= 0.3 is 0 Å². The molecular weight excluding hydrogens is 245 g/mol. The molecule has 19 heavy (non-hydrogen) atoms. The molecule has 0 saturated heterocycles. The van der Waals surface area contributed by atoms with Crippen LogP contribution < -0.4 is 4.74 Å². The fourth-order valence-electron chi connectivity index (χ4n) is 1.73. The second-order valence-corrected chi connectivity index (χ2v) is 4.01. The van der Waals surface area contributed by atoms with E-state index in [1.165, 1.54) is 12.1 Å². The molecule has 0 unspecified atom stereocenters. The maximum atomic E-state index is 13.2. The third kappa shape index (κ3) is 3.30. The average Bonchev–Trinajstić information content (AvgIpc) is 2.44. The Morgan fingerprint density at radius 3 is 2.74 bits per heavy atom. The lowest BCUT2D eigenvalue weighted by atomic mass is 10.1. The summed E-state index contributed by atoms with van der Waals surface area (Å²) in [6.45, 7) is 0.0201. The van der Waals surface area contributed by atoms with Gasteiger partial charge in [-0.1, -0.05) is 18.2 Å². The molecule has 0 bridgehead atoms. The summed E-state index contributed by atoms with van der Waals surface area (Å²) in [7, 11) is 0. The van der Waals surface area contributed by atoms with Crippen molar-refractivity contribution in [3.63, 3.8) is 0 Å². The molecular formula is C15H12FNO2. The van der Waals surface area contributed by atoms with Crippen LogP contribution in [-0.4, -0.2) is 5.11 Å². The summed E-state index contributed by atoms with van der Waals surface area (Å²) in [4.78, 5) is 0. The van der Waals surface area contributed by atoms with Gasteiger partial charge in [0.15, 0.2) is 0 Å². The van der Waals surface area contributed by atoms with Crippen LogP contribution in [0.2, 0.25) is 0 Å². The first-order valence-electron chi connectivity index (χ1n) is 5.74. The van der Waals surface area contributed by atoms with Crippen molar-refractivity contribution in [2.24, 2.45) is 0 Å². The number of aliphatic hydroxyl groups excluding tert-OH is 1. The molecule has 3 nitrogen and oxygen atoms in total. The van der Waals surface area contributed by atoms with Crippen molar-refractivity contribution in [1.29, 1.82) is 5.26 Å². The SMILES string of the molecule is N#Cc1cc(F)cc(COc2ccccc2CO)c1. The molecule has 0 atom stereocenters. The number of ether oxygens (including phenoxy) is 1. The van der Waals surface area contributed by atoms with E-state index in [1.54, 1.807) is 30.3 Å². The van der Waals surface area contributed by atoms with Crippen molar-refractivity contribution < 1.29 is 14.2 Å². The Bertz CT molecular complexity index is 620. The van der Waals surface area contributed by atoms with E-state index in [4.69, 9.17) is 15.1 Å². The van der Waals surface area contributed by atoms with Crippen LogP contribution in [0.3, 0.4) is 0 Å². The number of nitrogens with zero attached hydrogens (tertiary/aromatic N) is 1. The monoisotopic (exact) mass is 257 g/mol. The molecule has 0 radical (unpaired) electrons. The minimum atomic E-state index is -0.465. The Morgan fingerprint density at radius 2 is 2.00 bits per heavy atom. The molecule has 0 aromatic heterocycles. The van der Waals surface area contributed by atoms with Gasteiger partial charge in [0.05, 0.1) is 18.2 Å². The third-order valence-electron chi connectivity index (χ3n) is 2.62. The smallest absolute Gasteiger partial charge is 0.125 e.